The van der Waals surface area contributed by atoms with Crippen molar-refractivity contribution in [3.8, 4) is 0 Å². The van der Waals surface area contributed by atoms with Gasteiger partial charge in [-0.1, -0.05) is 33.6 Å². The number of hydrogen-bond acceptors (Lipinski definition) is 2. The van der Waals surface area contributed by atoms with Crippen LogP contribution in [0.5, 0.6) is 0 Å². The molecule has 88 valence electrons. The van der Waals surface area contributed by atoms with Gasteiger partial charge in [0.25, 0.3) is 0 Å². The molecule has 1 aromatic rings. The third-order valence-electron chi connectivity index (χ3n) is 2.84. The Morgan fingerprint density at radius 3 is 2.75 bits per heavy atom. The summed E-state index contributed by atoms with van der Waals surface area (Å²) in [4.78, 5) is 2.30. The van der Waals surface area contributed by atoms with E-state index in [4.69, 9.17) is 16.7 Å². The fourth-order valence-corrected chi connectivity index (χ4v) is 2.56. The molecule has 1 fully saturated rings. The standard InChI is InChI=1S/C12H15BrClNO/c13-10-2-1-9(12(14)7-10)8-15(5-6-16)11-3-4-11/h1-2,7,11,16H,3-6,8H2. The van der Waals surface area contributed by atoms with Gasteiger partial charge in [-0.25, -0.2) is 0 Å². The van der Waals surface area contributed by atoms with Crippen LogP contribution in [-0.2, 0) is 6.54 Å². The molecule has 4 heteroatoms. The normalized spacial score (nSPS) is 15.8. The molecule has 0 radical (unpaired) electrons. The molecule has 0 unspecified atom stereocenters. The third-order valence-corrected chi connectivity index (χ3v) is 3.68. The first kappa shape index (κ1) is 12.4. The average Bonchev–Trinajstić information content (AvgIpc) is 3.04. The van der Waals surface area contributed by atoms with E-state index in [0.29, 0.717) is 6.04 Å². The molecule has 2 nitrogen and oxygen atoms in total. The first-order valence-electron chi connectivity index (χ1n) is 5.49. The zero-order valence-corrected chi connectivity index (χ0v) is 11.3. The van der Waals surface area contributed by atoms with Crippen molar-refractivity contribution in [2.75, 3.05) is 13.2 Å². The zero-order valence-electron chi connectivity index (χ0n) is 9.00. The van der Waals surface area contributed by atoms with Gasteiger partial charge in [0.1, 0.15) is 0 Å². The summed E-state index contributed by atoms with van der Waals surface area (Å²) >= 11 is 9.58. The van der Waals surface area contributed by atoms with Crippen LogP contribution in [0.3, 0.4) is 0 Å². The maximum absolute atomic E-state index is 9.02. The summed E-state index contributed by atoms with van der Waals surface area (Å²) in [7, 11) is 0. The number of aliphatic hydroxyl groups is 1. The highest BCUT2D eigenvalue weighted by Crippen LogP contribution is 2.30. The Labute approximate surface area is 109 Å². The summed E-state index contributed by atoms with van der Waals surface area (Å²) in [5, 5.41) is 9.81. The molecule has 0 bridgehead atoms. The number of hydrogen-bond donors (Lipinski definition) is 1. The van der Waals surface area contributed by atoms with E-state index >= 15 is 0 Å². The Bertz CT molecular complexity index is 368. The summed E-state index contributed by atoms with van der Waals surface area (Å²) in [5.74, 6) is 0. The van der Waals surface area contributed by atoms with Crippen LogP contribution in [0.4, 0.5) is 0 Å². The fraction of sp³-hybridized carbons (Fsp3) is 0.500. The van der Waals surface area contributed by atoms with E-state index in [2.05, 4.69) is 20.8 Å². The summed E-state index contributed by atoms with van der Waals surface area (Å²) in [5.41, 5.74) is 1.13. The Morgan fingerprint density at radius 2 is 2.19 bits per heavy atom. The first-order valence-corrected chi connectivity index (χ1v) is 6.66. The molecule has 1 aliphatic rings. The first-order chi connectivity index (χ1) is 7.70. The molecule has 1 aliphatic carbocycles. The maximum atomic E-state index is 9.02. The van der Waals surface area contributed by atoms with E-state index < -0.39 is 0 Å². The van der Waals surface area contributed by atoms with E-state index in [1.165, 1.54) is 12.8 Å². The molecule has 1 saturated carbocycles. The molecule has 0 atom stereocenters. The summed E-state index contributed by atoms with van der Waals surface area (Å²) in [6.45, 7) is 1.78. The van der Waals surface area contributed by atoms with Gasteiger partial charge >= 0.3 is 0 Å². The van der Waals surface area contributed by atoms with E-state index in [9.17, 15) is 0 Å². The second kappa shape index (κ2) is 5.50. The number of aliphatic hydroxyl groups excluding tert-OH is 1. The molecular formula is C12H15BrClNO. The zero-order chi connectivity index (χ0) is 11.5. The van der Waals surface area contributed by atoms with Crippen LogP contribution in [0.15, 0.2) is 22.7 Å². The largest absolute Gasteiger partial charge is 0.395 e. The van der Waals surface area contributed by atoms with Crippen LogP contribution in [0, 0.1) is 0 Å². The minimum atomic E-state index is 0.213. The van der Waals surface area contributed by atoms with Gasteiger partial charge in [-0.15, -0.1) is 0 Å². The molecular weight excluding hydrogens is 289 g/mol. The monoisotopic (exact) mass is 303 g/mol. The number of halogens is 2. The lowest BCUT2D eigenvalue weighted by molar-refractivity contribution is 0.183. The second-order valence-electron chi connectivity index (χ2n) is 4.16. The Balaban J connectivity index is 2.05. The number of rotatable bonds is 5. The quantitative estimate of drug-likeness (QED) is 0.904. The minimum Gasteiger partial charge on any atom is -0.395 e. The van der Waals surface area contributed by atoms with Crippen molar-refractivity contribution in [2.24, 2.45) is 0 Å². The van der Waals surface area contributed by atoms with Gasteiger partial charge in [-0.05, 0) is 30.5 Å². The lowest BCUT2D eigenvalue weighted by Crippen LogP contribution is -2.28. The molecule has 0 spiro atoms. The highest BCUT2D eigenvalue weighted by Gasteiger charge is 2.28. The molecule has 0 saturated heterocycles. The minimum absolute atomic E-state index is 0.213. The van der Waals surface area contributed by atoms with Gasteiger partial charge in [-0.2, -0.15) is 0 Å². The topological polar surface area (TPSA) is 23.5 Å². The smallest absolute Gasteiger partial charge is 0.0558 e. The predicted molar refractivity (Wildman–Crippen MR) is 69.7 cm³/mol. The molecule has 16 heavy (non-hydrogen) atoms. The number of nitrogens with zero attached hydrogens (tertiary/aromatic N) is 1. The van der Waals surface area contributed by atoms with Crippen molar-refractivity contribution >= 4 is 27.5 Å². The van der Waals surface area contributed by atoms with Gasteiger partial charge in [-0.3, -0.25) is 4.90 Å². The third kappa shape index (κ3) is 3.20. The van der Waals surface area contributed by atoms with Crippen LogP contribution in [0.1, 0.15) is 18.4 Å². The van der Waals surface area contributed by atoms with Crippen molar-refractivity contribution < 1.29 is 5.11 Å². The SMILES string of the molecule is OCCN(Cc1ccc(Br)cc1Cl)C1CC1. The highest BCUT2D eigenvalue weighted by molar-refractivity contribution is 9.10. The van der Waals surface area contributed by atoms with Crippen LogP contribution in [0.25, 0.3) is 0 Å². The van der Waals surface area contributed by atoms with Crippen molar-refractivity contribution in [1.82, 2.24) is 4.90 Å². The molecule has 0 aliphatic heterocycles. The lowest BCUT2D eigenvalue weighted by Gasteiger charge is -2.21. The Morgan fingerprint density at radius 1 is 1.44 bits per heavy atom. The van der Waals surface area contributed by atoms with Crippen LogP contribution in [0.2, 0.25) is 5.02 Å². The lowest BCUT2D eigenvalue weighted by atomic mass is 10.2. The maximum Gasteiger partial charge on any atom is 0.0558 e. The average molecular weight is 305 g/mol. The molecule has 0 heterocycles. The van der Waals surface area contributed by atoms with E-state index in [0.717, 1.165) is 28.1 Å². The van der Waals surface area contributed by atoms with Gasteiger partial charge in [0.15, 0.2) is 0 Å². The van der Waals surface area contributed by atoms with Gasteiger partial charge in [0, 0.05) is 28.6 Å². The van der Waals surface area contributed by atoms with Gasteiger partial charge < -0.3 is 5.11 Å². The van der Waals surface area contributed by atoms with Crippen molar-refractivity contribution in [3.63, 3.8) is 0 Å². The van der Waals surface area contributed by atoms with Crippen molar-refractivity contribution in [1.29, 1.82) is 0 Å². The summed E-state index contributed by atoms with van der Waals surface area (Å²) < 4.78 is 1.00. The van der Waals surface area contributed by atoms with Gasteiger partial charge in [0.2, 0.25) is 0 Å². The second-order valence-corrected chi connectivity index (χ2v) is 5.48. The molecule has 0 aromatic heterocycles. The van der Waals surface area contributed by atoms with E-state index in [-0.39, 0.29) is 6.61 Å². The Kier molecular flexibility index (Phi) is 4.25. The Hall–Kier alpha value is -0.0900. The van der Waals surface area contributed by atoms with Crippen LogP contribution >= 0.6 is 27.5 Å². The van der Waals surface area contributed by atoms with E-state index in [1.54, 1.807) is 0 Å². The predicted octanol–water partition coefficient (Wildman–Crippen LogP) is 3.06. The van der Waals surface area contributed by atoms with Crippen LogP contribution in [-0.4, -0.2) is 29.2 Å². The molecule has 1 aromatic carbocycles. The van der Waals surface area contributed by atoms with Crippen molar-refractivity contribution in [2.45, 2.75) is 25.4 Å². The molecule has 2 rings (SSSR count). The van der Waals surface area contributed by atoms with E-state index in [1.807, 2.05) is 18.2 Å². The molecule has 1 N–H and O–H groups in total. The molecule has 0 amide bonds. The van der Waals surface area contributed by atoms with Crippen LogP contribution < -0.4 is 0 Å². The summed E-state index contributed by atoms with van der Waals surface area (Å²) in [6, 6.07) is 6.61. The fourth-order valence-electron chi connectivity index (χ4n) is 1.83. The number of benzene rings is 1. The van der Waals surface area contributed by atoms with Crippen molar-refractivity contribution in [3.05, 3.63) is 33.3 Å². The summed E-state index contributed by atoms with van der Waals surface area (Å²) in [6.07, 6.45) is 2.49. The van der Waals surface area contributed by atoms with Gasteiger partial charge in [0.05, 0.1) is 6.61 Å². The highest BCUT2D eigenvalue weighted by atomic mass is 79.9.